The maximum atomic E-state index is 6.27. The van der Waals surface area contributed by atoms with Crippen LogP contribution in [0.3, 0.4) is 0 Å². The maximum Gasteiger partial charge on any atom is 0.191 e. The molecule has 0 saturated carbocycles. The van der Waals surface area contributed by atoms with Crippen molar-refractivity contribution >= 4 is 17.6 Å². The molecule has 0 bridgehead atoms. The van der Waals surface area contributed by atoms with E-state index in [1.807, 2.05) is 36.4 Å². The lowest BCUT2D eigenvalue weighted by atomic mass is 10.1. The Morgan fingerprint density at radius 1 is 1.29 bits per heavy atom. The third-order valence-corrected chi connectivity index (χ3v) is 3.88. The summed E-state index contributed by atoms with van der Waals surface area (Å²) in [6.07, 6.45) is 2.47. The van der Waals surface area contributed by atoms with Gasteiger partial charge in [0, 0.05) is 25.1 Å². The molecule has 2 aromatic rings. The predicted molar refractivity (Wildman–Crippen MR) is 97.6 cm³/mol. The number of benzene rings is 1. The van der Waals surface area contributed by atoms with E-state index in [-0.39, 0.29) is 6.04 Å². The molecule has 24 heavy (non-hydrogen) atoms. The topological polar surface area (TPSA) is 58.8 Å². The lowest BCUT2D eigenvalue weighted by Gasteiger charge is -2.19. The summed E-state index contributed by atoms with van der Waals surface area (Å²) in [5, 5.41) is 7.44. The van der Waals surface area contributed by atoms with Gasteiger partial charge in [-0.05, 0) is 30.7 Å². The quantitative estimate of drug-likeness (QED) is 0.435. The van der Waals surface area contributed by atoms with Gasteiger partial charge in [0.05, 0.1) is 25.5 Å². The predicted octanol–water partition coefficient (Wildman–Crippen LogP) is 3.42. The van der Waals surface area contributed by atoms with Crippen molar-refractivity contribution in [1.82, 2.24) is 10.6 Å². The van der Waals surface area contributed by atoms with E-state index >= 15 is 0 Å². The normalized spacial score (nSPS) is 12.9. The monoisotopic (exact) mass is 349 g/mol. The van der Waals surface area contributed by atoms with Gasteiger partial charge < -0.3 is 19.8 Å². The fourth-order valence-corrected chi connectivity index (χ4v) is 2.57. The van der Waals surface area contributed by atoms with Crippen LogP contribution in [0.25, 0.3) is 0 Å². The molecule has 0 fully saturated rings. The first kappa shape index (κ1) is 18.4. The number of methoxy groups -OCH3 is 1. The van der Waals surface area contributed by atoms with Gasteiger partial charge in [-0.3, -0.25) is 4.99 Å². The van der Waals surface area contributed by atoms with Crippen LogP contribution in [0.2, 0.25) is 5.02 Å². The Balaban J connectivity index is 1.94. The molecule has 0 aliphatic heterocycles. The molecular weight excluding hydrogens is 326 g/mol. The van der Waals surface area contributed by atoms with Crippen molar-refractivity contribution in [3.05, 3.63) is 59.0 Å². The Bertz CT molecular complexity index is 629. The molecule has 0 saturated heterocycles. The molecule has 0 aliphatic carbocycles. The zero-order chi connectivity index (χ0) is 17.2. The molecule has 1 aromatic carbocycles. The smallest absolute Gasteiger partial charge is 0.191 e. The third-order valence-electron chi connectivity index (χ3n) is 3.53. The number of nitrogens with one attached hydrogen (secondary N) is 2. The second kappa shape index (κ2) is 10.0. The molecule has 1 atom stereocenters. The summed E-state index contributed by atoms with van der Waals surface area (Å²) in [6.45, 7) is 3.94. The largest absolute Gasteiger partial charge is 0.469 e. The number of hydrogen-bond donors (Lipinski definition) is 2. The number of halogens is 1. The Labute approximate surface area is 148 Å². The minimum Gasteiger partial charge on any atom is -0.469 e. The average Bonchev–Trinajstić information content (AvgIpc) is 3.08. The van der Waals surface area contributed by atoms with Crippen LogP contribution in [0, 0.1) is 0 Å². The number of hydrogen-bond acceptors (Lipinski definition) is 3. The summed E-state index contributed by atoms with van der Waals surface area (Å²) < 4.78 is 10.4. The van der Waals surface area contributed by atoms with Crippen molar-refractivity contribution < 1.29 is 9.15 Å². The van der Waals surface area contributed by atoms with E-state index in [4.69, 9.17) is 20.8 Å². The highest BCUT2D eigenvalue weighted by Crippen LogP contribution is 2.21. The van der Waals surface area contributed by atoms with Gasteiger partial charge in [-0.15, -0.1) is 0 Å². The Morgan fingerprint density at radius 3 is 2.83 bits per heavy atom. The number of rotatable bonds is 8. The van der Waals surface area contributed by atoms with Gasteiger partial charge in [-0.25, -0.2) is 0 Å². The molecule has 5 nitrogen and oxygen atoms in total. The Morgan fingerprint density at radius 2 is 2.12 bits per heavy atom. The van der Waals surface area contributed by atoms with E-state index in [1.165, 1.54) is 0 Å². The highest BCUT2D eigenvalue weighted by Gasteiger charge is 2.11. The van der Waals surface area contributed by atoms with Gasteiger partial charge in [0.25, 0.3) is 0 Å². The van der Waals surface area contributed by atoms with E-state index in [0.717, 1.165) is 35.3 Å². The minimum absolute atomic E-state index is 0.0381. The van der Waals surface area contributed by atoms with Gasteiger partial charge in [0.2, 0.25) is 0 Å². The SMILES string of the molecule is COCCN=C(NCCc1ccco1)NC(C)c1ccccc1Cl. The van der Waals surface area contributed by atoms with Crippen molar-refractivity contribution in [3.8, 4) is 0 Å². The van der Waals surface area contributed by atoms with E-state index in [1.54, 1.807) is 13.4 Å². The summed E-state index contributed by atoms with van der Waals surface area (Å²) in [5.74, 6) is 1.67. The summed E-state index contributed by atoms with van der Waals surface area (Å²) in [6, 6.07) is 11.7. The van der Waals surface area contributed by atoms with E-state index in [2.05, 4.69) is 22.5 Å². The molecule has 0 spiro atoms. The summed E-state index contributed by atoms with van der Waals surface area (Å²) in [7, 11) is 1.67. The van der Waals surface area contributed by atoms with Crippen LogP contribution in [0.1, 0.15) is 24.3 Å². The van der Waals surface area contributed by atoms with Crippen molar-refractivity contribution in [2.45, 2.75) is 19.4 Å². The Hall–Kier alpha value is -1.98. The number of aliphatic imine (C=N–C) groups is 1. The number of furan rings is 1. The second-order valence-electron chi connectivity index (χ2n) is 5.37. The van der Waals surface area contributed by atoms with Crippen LogP contribution in [0.4, 0.5) is 0 Å². The number of guanidine groups is 1. The van der Waals surface area contributed by atoms with Gasteiger partial charge in [0.1, 0.15) is 5.76 Å². The fourth-order valence-electron chi connectivity index (χ4n) is 2.27. The lowest BCUT2D eigenvalue weighted by Crippen LogP contribution is -2.40. The zero-order valence-electron chi connectivity index (χ0n) is 14.1. The van der Waals surface area contributed by atoms with Gasteiger partial charge in [-0.1, -0.05) is 29.8 Å². The first-order valence-corrected chi connectivity index (χ1v) is 8.39. The van der Waals surface area contributed by atoms with Crippen molar-refractivity contribution in [2.24, 2.45) is 4.99 Å². The van der Waals surface area contributed by atoms with Gasteiger partial charge >= 0.3 is 0 Å². The van der Waals surface area contributed by atoms with E-state index in [0.29, 0.717) is 13.2 Å². The molecule has 1 unspecified atom stereocenters. The molecule has 0 amide bonds. The average molecular weight is 350 g/mol. The van der Waals surface area contributed by atoms with Crippen LogP contribution in [0.15, 0.2) is 52.1 Å². The van der Waals surface area contributed by atoms with Crippen LogP contribution in [0.5, 0.6) is 0 Å². The maximum absolute atomic E-state index is 6.27. The summed E-state index contributed by atoms with van der Waals surface area (Å²) in [5.41, 5.74) is 1.03. The molecule has 1 heterocycles. The van der Waals surface area contributed by atoms with E-state index < -0.39 is 0 Å². The number of nitrogens with zero attached hydrogens (tertiary/aromatic N) is 1. The van der Waals surface area contributed by atoms with Gasteiger partial charge in [0.15, 0.2) is 5.96 Å². The van der Waals surface area contributed by atoms with Crippen LogP contribution in [-0.4, -0.2) is 32.8 Å². The minimum atomic E-state index is 0.0381. The molecule has 130 valence electrons. The first-order chi connectivity index (χ1) is 11.7. The molecular formula is C18H24ClN3O2. The molecule has 0 radical (unpaired) electrons. The van der Waals surface area contributed by atoms with Crippen molar-refractivity contribution in [1.29, 1.82) is 0 Å². The molecule has 1 aromatic heterocycles. The van der Waals surface area contributed by atoms with E-state index in [9.17, 15) is 0 Å². The van der Waals surface area contributed by atoms with Gasteiger partial charge in [-0.2, -0.15) is 0 Å². The van der Waals surface area contributed by atoms with Crippen molar-refractivity contribution in [2.75, 3.05) is 26.8 Å². The highest BCUT2D eigenvalue weighted by atomic mass is 35.5. The molecule has 0 aliphatic rings. The first-order valence-electron chi connectivity index (χ1n) is 8.01. The summed E-state index contributed by atoms with van der Waals surface area (Å²) in [4.78, 5) is 4.52. The summed E-state index contributed by atoms with van der Waals surface area (Å²) >= 11 is 6.27. The fraction of sp³-hybridized carbons (Fsp3) is 0.389. The second-order valence-corrected chi connectivity index (χ2v) is 5.77. The molecule has 6 heteroatoms. The Kier molecular flexibility index (Phi) is 7.65. The molecule has 2 N–H and O–H groups in total. The van der Waals surface area contributed by atoms with Crippen LogP contribution in [-0.2, 0) is 11.2 Å². The molecule has 2 rings (SSSR count). The van der Waals surface area contributed by atoms with Crippen molar-refractivity contribution in [3.63, 3.8) is 0 Å². The standard InChI is InChI=1S/C18H24ClN3O2/c1-14(16-7-3-4-8-17(16)19)22-18(21-11-13-23-2)20-10-9-15-6-5-12-24-15/h3-8,12,14H,9-11,13H2,1-2H3,(H2,20,21,22). The van der Waals surface area contributed by atoms with Crippen LogP contribution >= 0.6 is 11.6 Å². The lowest BCUT2D eigenvalue weighted by molar-refractivity contribution is 0.208. The zero-order valence-corrected chi connectivity index (χ0v) is 14.8. The van der Waals surface area contributed by atoms with Crippen LogP contribution < -0.4 is 10.6 Å². The highest BCUT2D eigenvalue weighted by molar-refractivity contribution is 6.31. The third kappa shape index (κ3) is 5.91. The number of ether oxygens (including phenoxy) is 1.